The van der Waals surface area contributed by atoms with Gasteiger partial charge in [0.15, 0.2) is 6.10 Å². The number of aromatic nitrogens is 3. The van der Waals surface area contributed by atoms with Crippen molar-refractivity contribution in [1.29, 1.82) is 0 Å². The first-order valence-electron chi connectivity index (χ1n) is 15.4. The molecule has 5 aromatic rings. The highest BCUT2D eigenvalue weighted by molar-refractivity contribution is 7.92. The standard InChI is InChI=1S/C35H35N7O6S2/c1-22(24-12-8-5-9-13-24)37-31(44)26-19-27(21-28(20-26)42(2)50(3,47)48)32(45)38-29(18-23-10-6-4-7-11-23)30(43)33(46)39-35-41-40-34(49-35)25-14-16-36-17-15-25/h4-17,19-22,29-30,43H,18H2,1-3H3,(H,37,44)(H,38,45)(H,39,41,46)/t22-,29+,30-/m1/s1. The minimum atomic E-state index is -3.78. The number of nitrogens with zero attached hydrogens (tertiary/aromatic N) is 4. The normalized spacial score (nSPS) is 13.0. The van der Waals surface area contributed by atoms with Gasteiger partial charge in [-0.15, -0.1) is 10.2 Å². The van der Waals surface area contributed by atoms with Gasteiger partial charge in [0.05, 0.1) is 24.0 Å². The molecule has 2 heterocycles. The molecule has 3 aromatic carbocycles. The average Bonchev–Trinajstić information content (AvgIpc) is 3.59. The summed E-state index contributed by atoms with van der Waals surface area (Å²) in [7, 11) is -2.47. The zero-order valence-electron chi connectivity index (χ0n) is 27.3. The Balaban J connectivity index is 1.41. The highest BCUT2D eigenvalue weighted by Gasteiger charge is 2.30. The van der Waals surface area contributed by atoms with Crippen LogP contribution < -0.4 is 20.3 Å². The highest BCUT2D eigenvalue weighted by Crippen LogP contribution is 2.26. The summed E-state index contributed by atoms with van der Waals surface area (Å²) in [6.07, 6.45) is 2.52. The van der Waals surface area contributed by atoms with Crippen LogP contribution in [0, 0.1) is 0 Å². The molecule has 0 aliphatic carbocycles. The molecule has 0 saturated heterocycles. The average molecular weight is 714 g/mol. The lowest BCUT2D eigenvalue weighted by Gasteiger charge is -2.24. The Morgan fingerprint density at radius 2 is 1.46 bits per heavy atom. The Morgan fingerprint density at radius 1 is 0.860 bits per heavy atom. The summed E-state index contributed by atoms with van der Waals surface area (Å²) in [6, 6.07) is 24.2. The first-order valence-corrected chi connectivity index (χ1v) is 18.1. The van der Waals surface area contributed by atoms with Crippen LogP contribution in [0.25, 0.3) is 10.6 Å². The predicted octanol–water partition coefficient (Wildman–Crippen LogP) is 3.83. The second kappa shape index (κ2) is 15.8. The Labute approximate surface area is 293 Å². The molecule has 0 aliphatic rings. The molecule has 0 radical (unpaired) electrons. The fourth-order valence-electron chi connectivity index (χ4n) is 4.96. The maximum absolute atomic E-state index is 13.9. The fourth-order valence-corrected chi connectivity index (χ4v) is 6.20. The number of hydrogen-bond donors (Lipinski definition) is 4. The largest absolute Gasteiger partial charge is 0.381 e. The summed E-state index contributed by atoms with van der Waals surface area (Å²) in [5.41, 5.74) is 2.36. The van der Waals surface area contributed by atoms with E-state index in [9.17, 15) is 27.9 Å². The van der Waals surface area contributed by atoms with Crippen molar-refractivity contribution in [3.63, 3.8) is 0 Å². The van der Waals surface area contributed by atoms with Crippen molar-refractivity contribution < 1.29 is 27.9 Å². The number of carbonyl (C=O) groups is 3. The van der Waals surface area contributed by atoms with Crippen molar-refractivity contribution >= 4 is 49.9 Å². The van der Waals surface area contributed by atoms with Gasteiger partial charge in [0, 0.05) is 36.1 Å². The van der Waals surface area contributed by atoms with Gasteiger partial charge in [-0.05, 0) is 54.8 Å². The van der Waals surface area contributed by atoms with E-state index < -0.39 is 45.9 Å². The third-order valence-corrected chi connectivity index (χ3v) is 9.89. The number of aliphatic hydroxyl groups is 1. The Hall–Kier alpha value is -5.51. The molecular weight excluding hydrogens is 679 g/mol. The van der Waals surface area contributed by atoms with Crippen LogP contribution in [-0.4, -0.2) is 71.9 Å². The summed E-state index contributed by atoms with van der Waals surface area (Å²) in [4.78, 5) is 44.6. The summed E-state index contributed by atoms with van der Waals surface area (Å²) in [6.45, 7) is 1.80. The van der Waals surface area contributed by atoms with E-state index in [0.29, 0.717) is 5.01 Å². The van der Waals surface area contributed by atoms with Crippen LogP contribution in [0.2, 0.25) is 0 Å². The molecule has 0 spiro atoms. The maximum atomic E-state index is 13.9. The SMILES string of the molecule is C[C@@H](NC(=O)c1cc(C(=O)N[C@@H](Cc2ccccc2)[C@@H](O)C(=O)Nc2nnc(-c3ccncc3)s2)cc(N(C)S(C)(=O)=O)c1)c1ccccc1. The van der Waals surface area contributed by atoms with Crippen molar-refractivity contribution in [3.05, 3.63) is 126 Å². The zero-order valence-corrected chi connectivity index (χ0v) is 29.0. The molecule has 15 heteroatoms. The first-order chi connectivity index (χ1) is 23.9. The fraction of sp³-hybridized carbons (Fsp3) is 0.200. The minimum Gasteiger partial charge on any atom is -0.381 e. The quantitative estimate of drug-likeness (QED) is 0.141. The van der Waals surface area contributed by atoms with E-state index >= 15 is 0 Å². The van der Waals surface area contributed by atoms with Gasteiger partial charge in [-0.1, -0.05) is 72.0 Å². The first kappa shape index (κ1) is 35.8. The minimum absolute atomic E-state index is 0.0325. The number of rotatable bonds is 13. The molecule has 0 bridgehead atoms. The van der Waals surface area contributed by atoms with Crippen molar-refractivity contribution in [2.24, 2.45) is 0 Å². The number of pyridine rings is 1. The van der Waals surface area contributed by atoms with Gasteiger partial charge >= 0.3 is 0 Å². The van der Waals surface area contributed by atoms with Gasteiger partial charge in [-0.2, -0.15) is 0 Å². The van der Waals surface area contributed by atoms with Gasteiger partial charge in [-0.3, -0.25) is 29.0 Å². The van der Waals surface area contributed by atoms with Gasteiger partial charge in [0.1, 0.15) is 5.01 Å². The zero-order chi connectivity index (χ0) is 35.8. The van der Waals surface area contributed by atoms with E-state index in [1.807, 2.05) is 36.4 Å². The van der Waals surface area contributed by atoms with Crippen LogP contribution >= 0.6 is 11.3 Å². The number of sulfonamides is 1. The van der Waals surface area contributed by atoms with Gasteiger partial charge in [0.25, 0.3) is 17.7 Å². The summed E-state index contributed by atoms with van der Waals surface area (Å²) in [5, 5.41) is 28.2. The van der Waals surface area contributed by atoms with Crippen LogP contribution in [0.5, 0.6) is 0 Å². The summed E-state index contributed by atoms with van der Waals surface area (Å²) >= 11 is 1.10. The van der Waals surface area contributed by atoms with Gasteiger partial charge in [0.2, 0.25) is 15.2 Å². The molecule has 4 N–H and O–H groups in total. The van der Waals surface area contributed by atoms with Crippen molar-refractivity contribution in [2.45, 2.75) is 31.5 Å². The van der Waals surface area contributed by atoms with Crippen LogP contribution in [0.15, 0.2) is 103 Å². The van der Waals surface area contributed by atoms with E-state index in [1.165, 1.54) is 25.2 Å². The Kier molecular flexibility index (Phi) is 11.3. The van der Waals surface area contributed by atoms with E-state index in [4.69, 9.17) is 0 Å². The second-order valence-corrected chi connectivity index (χ2v) is 14.4. The van der Waals surface area contributed by atoms with Crippen LogP contribution in [-0.2, 0) is 21.2 Å². The molecule has 50 heavy (non-hydrogen) atoms. The molecule has 0 unspecified atom stereocenters. The lowest BCUT2D eigenvalue weighted by Crippen LogP contribution is -2.50. The van der Waals surface area contributed by atoms with E-state index in [2.05, 4.69) is 31.1 Å². The molecule has 13 nitrogen and oxygen atoms in total. The number of hydrogen-bond acceptors (Lipinski definition) is 10. The lowest BCUT2D eigenvalue weighted by molar-refractivity contribution is -0.125. The molecule has 3 atom stereocenters. The monoisotopic (exact) mass is 713 g/mol. The van der Waals surface area contributed by atoms with Crippen LogP contribution in [0.1, 0.15) is 44.8 Å². The number of aliphatic hydroxyl groups excluding tert-OH is 1. The maximum Gasteiger partial charge on any atom is 0.257 e. The Bertz CT molecular complexity index is 2060. The topological polar surface area (TPSA) is 184 Å². The van der Waals surface area contributed by atoms with Crippen molar-refractivity contribution in [3.8, 4) is 10.6 Å². The van der Waals surface area contributed by atoms with Gasteiger partial charge < -0.3 is 15.7 Å². The lowest BCUT2D eigenvalue weighted by atomic mass is 9.99. The number of benzene rings is 3. The van der Waals surface area contributed by atoms with E-state index in [-0.39, 0.29) is 28.4 Å². The number of amides is 3. The smallest absolute Gasteiger partial charge is 0.257 e. The number of anilines is 2. The third kappa shape index (κ3) is 9.13. The molecule has 0 saturated carbocycles. The Morgan fingerprint density at radius 3 is 2.08 bits per heavy atom. The summed E-state index contributed by atoms with van der Waals surface area (Å²) in [5.74, 6) is -2.12. The third-order valence-electron chi connectivity index (χ3n) is 7.80. The highest BCUT2D eigenvalue weighted by atomic mass is 32.2. The molecule has 258 valence electrons. The van der Waals surface area contributed by atoms with Crippen molar-refractivity contribution in [2.75, 3.05) is 22.9 Å². The predicted molar refractivity (Wildman–Crippen MR) is 191 cm³/mol. The molecular formula is C35H35N7O6S2. The molecule has 0 fully saturated rings. The summed E-state index contributed by atoms with van der Waals surface area (Å²) < 4.78 is 25.9. The van der Waals surface area contributed by atoms with E-state index in [0.717, 1.165) is 38.6 Å². The molecule has 0 aliphatic heterocycles. The molecule has 3 amide bonds. The van der Waals surface area contributed by atoms with E-state index in [1.54, 1.807) is 55.7 Å². The van der Waals surface area contributed by atoms with Crippen LogP contribution in [0.3, 0.4) is 0 Å². The molecule has 5 rings (SSSR count). The van der Waals surface area contributed by atoms with Crippen molar-refractivity contribution in [1.82, 2.24) is 25.8 Å². The number of carbonyl (C=O) groups excluding carboxylic acids is 3. The molecule has 2 aromatic heterocycles. The van der Waals surface area contributed by atoms with Crippen LogP contribution in [0.4, 0.5) is 10.8 Å². The number of nitrogens with one attached hydrogen (secondary N) is 3. The second-order valence-electron chi connectivity index (χ2n) is 11.5. The van der Waals surface area contributed by atoms with Gasteiger partial charge in [-0.25, -0.2) is 8.42 Å².